The van der Waals surface area contributed by atoms with Gasteiger partial charge in [-0.15, -0.1) is 6.58 Å². The molecule has 148 valence electrons. The zero-order valence-corrected chi connectivity index (χ0v) is 17.2. The molecular formula is C20H29N3O3S. The van der Waals surface area contributed by atoms with E-state index in [4.69, 9.17) is 0 Å². The lowest BCUT2D eigenvalue weighted by molar-refractivity contribution is -0.119. The molecular weight excluding hydrogens is 362 g/mol. The number of likely N-dealkylation sites (tertiary alicyclic amines) is 1. The molecule has 0 bridgehead atoms. The first-order valence-corrected chi connectivity index (χ1v) is 10.9. The molecule has 2 aliphatic heterocycles. The van der Waals surface area contributed by atoms with Crippen molar-refractivity contribution in [3.63, 3.8) is 0 Å². The predicted octanol–water partition coefficient (Wildman–Crippen LogP) is 2.26. The Morgan fingerprint density at radius 3 is 2.59 bits per heavy atom. The molecule has 27 heavy (non-hydrogen) atoms. The lowest BCUT2D eigenvalue weighted by Crippen LogP contribution is -2.44. The molecule has 0 aromatic heterocycles. The molecule has 2 heterocycles. The van der Waals surface area contributed by atoms with Crippen LogP contribution in [0.3, 0.4) is 0 Å². The maximum atomic E-state index is 12.9. The van der Waals surface area contributed by atoms with Gasteiger partial charge < -0.3 is 4.90 Å². The smallest absolute Gasteiger partial charge is 0.240 e. The van der Waals surface area contributed by atoms with Crippen LogP contribution in [0.25, 0.3) is 0 Å². The van der Waals surface area contributed by atoms with Gasteiger partial charge in [0.05, 0.1) is 4.90 Å². The lowest BCUT2D eigenvalue weighted by Gasteiger charge is -2.37. The normalized spacial score (nSPS) is 21.1. The zero-order valence-electron chi connectivity index (χ0n) is 16.4. The summed E-state index contributed by atoms with van der Waals surface area (Å²) in [5, 5.41) is 0. The SMILES string of the molecule is C=CCN1CCC(NS(=O)(=O)c2ccc3c(c2)C(C)(C)CC(=O)N3C)CC1. The second-order valence-electron chi connectivity index (χ2n) is 8.18. The van der Waals surface area contributed by atoms with Crippen molar-refractivity contribution >= 4 is 21.6 Å². The van der Waals surface area contributed by atoms with Gasteiger partial charge in [-0.25, -0.2) is 13.1 Å². The number of rotatable bonds is 5. The molecule has 0 radical (unpaired) electrons. The third kappa shape index (κ3) is 4.10. The number of carbonyl (C=O) groups excluding carboxylic acids is 1. The number of sulfonamides is 1. The molecule has 1 aromatic carbocycles. The summed E-state index contributed by atoms with van der Waals surface area (Å²) in [4.78, 5) is 16.3. The van der Waals surface area contributed by atoms with Crippen molar-refractivity contribution in [2.75, 3.05) is 31.6 Å². The average molecular weight is 392 g/mol. The highest BCUT2D eigenvalue weighted by Crippen LogP contribution is 2.40. The van der Waals surface area contributed by atoms with Gasteiger partial charge in [0.25, 0.3) is 0 Å². The van der Waals surface area contributed by atoms with E-state index in [-0.39, 0.29) is 22.3 Å². The molecule has 6 nitrogen and oxygen atoms in total. The molecule has 3 rings (SSSR count). The monoisotopic (exact) mass is 391 g/mol. The highest BCUT2D eigenvalue weighted by molar-refractivity contribution is 7.89. The zero-order chi connectivity index (χ0) is 19.8. The molecule has 1 amide bonds. The van der Waals surface area contributed by atoms with Crippen LogP contribution in [0.2, 0.25) is 0 Å². The molecule has 0 atom stereocenters. The van der Waals surface area contributed by atoms with E-state index < -0.39 is 10.0 Å². The number of fused-ring (bicyclic) bond motifs is 1. The summed E-state index contributed by atoms with van der Waals surface area (Å²) in [6, 6.07) is 5.02. The third-order valence-corrected chi connectivity index (χ3v) is 7.15. The minimum Gasteiger partial charge on any atom is -0.315 e. The maximum Gasteiger partial charge on any atom is 0.240 e. The second-order valence-corrected chi connectivity index (χ2v) is 9.89. The Kier molecular flexibility index (Phi) is 5.47. The van der Waals surface area contributed by atoms with E-state index in [0.29, 0.717) is 6.42 Å². The van der Waals surface area contributed by atoms with Gasteiger partial charge in [-0.2, -0.15) is 0 Å². The maximum absolute atomic E-state index is 12.9. The minimum absolute atomic E-state index is 0.0486. The highest BCUT2D eigenvalue weighted by atomic mass is 32.2. The summed E-state index contributed by atoms with van der Waals surface area (Å²) >= 11 is 0. The number of carbonyl (C=O) groups is 1. The molecule has 0 unspecified atom stereocenters. The lowest BCUT2D eigenvalue weighted by atomic mass is 9.77. The van der Waals surface area contributed by atoms with Crippen molar-refractivity contribution in [3.05, 3.63) is 36.4 Å². The minimum atomic E-state index is -3.60. The molecule has 1 aromatic rings. The predicted molar refractivity (Wildman–Crippen MR) is 107 cm³/mol. The summed E-state index contributed by atoms with van der Waals surface area (Å²) < 4.78 is 28.7. The molecule has 1 fully saturated rings. The van der Waals surface area contributed by atoms with Crippen LogP contribution < -0.4 is 9.62 Å². The standard InChI is InChI=1S/C20H29N3O3S/c1-5-10-23-11-8-15(9-12-23)21-27(25,26)16-6-7-18-17(13-16)20(2,3)14-19(24)22(18)4/h5-7,13,15,21H,1,8-12,14H2,2-4H3. The fourth-order valence-electron chi connectivity index (χ4n) is 3.95. The van der Waals surface area contributed by atoms with Gasteiger partial charge in [-0.05, 0) is 49.7 Å². The van der Waals surface area contributed by atoms with Crippen molar-refractivity contribution < 1.29 is 13.2 Å². The van der Waals surface area contributed by atoms with Crippen LogP contribution in [0.4, 0.5) is 5.69 Å². The highest BCUT2D eigenvalue weighted by Gasteiger charge is 2.36. The fraction of sp³-hybridized carbons (Fsp3) is 0.550. The van der Waals surface area contributed by atoms with Gasteiger partial charge in [0.1, 0.15) is 0 Å². The molecule has 0 aliphatic carbocycles. The Balaban J connectivity index is 1.80. The quantitative estimate of drug-likeness (QED) is 0.782. The van der Waals surface area contributed by atoms with E-state index in [1.54, 1.807) is 30.1 Å². The number of nitrogens with one attached hydrogen (secondary N) is 1. The van der Waals surface area contributed by atoms with Crippen LogP contribution in [0, 0.1) is 0 Å². The van der Waals surface area contributed by atoms with Crippen LogP contribution in [0.1, 0.15) is 38.7 Å². The molecule has 1 N–H and O–H groups in total. The molecule has 2 aliphatic rings. The summed E-state index contributed by atoms with van der Waals surface area (Å²) in [6.07, 6.45) is 3.83. The van der Waals surface area contributed by atoms with Crippen molar-refractivity contribution in [2.45, 2.75) is 49.5 Å². The number of hydrogen-bond donors (Lipinski definition) is 1. The molecule has 7 heteroatoms. The van der Waals surface area contributed by atoms with Crippen molar-refractivity contribution in [3.8, 4) is 0 Å². The second kappa shape index (κ2) is 7.37. The average Bonchev–Trinajstić information content (AvgIpc) is 2.61. The molecule has 0 saturated carbocycles. The Morgan fingerprint density at radius 1 is 1.30 bits per heavy atom. The Morgan fingerprint density at radius 2 is 1.96 bits per heavy atom. The summed E-state index contributed by atoms with van der Waals surface area (Å²) in [7, 11) is -1.86. The fourth-order valence-corrected chi connectivity index (χ4v) is 5.28. The van der Waals surface area contributed by atoms with Gasteiger partial charge >= 0.3 is 0 Å². The van der Waals surface area contributed by atoms with Crippen molar-refractivity contribution in [1.29, 1.82) is 0 Å². The molecule has 0 spiro atoms. The van der Waals surface area contributed by atoms with Crippen molar-refractivity contribution in [2.24, 2.45) is 0 Å². The van der Waals surface area contributed by atoms with Crippen LogP contribution >= 0.6 is 0 Å². The van der Waals surface area contributed by atoms with E-state index in [0.717, 1.165) is 43.7 Å². The Labute approximate surface area is 162 Å². The number of hydrogen-bond acceptors (Lipinski definition) is 4. The van der Waals surface area contributed by atoms with Gasteiger partial charge in [-0.3, -0.25) is 9.69 Å². The van der Waals surface area contributed by atoms with Crippen LogP contribution in [-0.4, -0.2) is 51.9 Å². The number of nitrogens with zero attached hydrogens (tertiary/aromatic N) is 2. The summed E-state index contributed by atoms with van der Waals surface area (Å²) in [5.74, 6) is 0.0486. The number of benzene rings is 1. The Hall–Kier alpha value is -1.70. The van der Waals surface area contributed by atoms with Gasteiger partial charge in [0.15, 0.2) is 0 Å². The van der Waals surface area contributed by atoms with Crippen LogP contribution in [-0.2, 0) is 20.2 Å². The summed E-state index contributed by atoms with van der Waals surface area (Å²) in [5.41, 5.74) is 1.29. The number of amides is 1. The van der Waals surface area contributed by atoms with Gasteiger partial charge in [-0.1, -0.05) is 19.9 Å². The van der Waals surface area contributed by atoms with E-state index in [9.17, 15) is 13.2 Å². The third-order valence-electron chi connectivity index (χ3n) is 5.63. The van der Waals surface area contributed by atoms with Gasteiger partial charge in [0, 0.05) is 37.2 Å². The first kappa shape index (κ1) is 20.0. The van der Waals surface area contributed by atoms with E-state index >= 15 is 0 Å². The van der Waals surface area contributed by atoms with E-state index in [2.05, 4.69) is 16.2 Å². The Bertz CT molecular complexity index is 840. The van der Waals surface area contributed by atoms with E-state index in [1.165, 1.54) is 0 Å². The van der Waals surface area contributed by atoms with E-state index in [1.807, 2.05) is 19.9 Å². The number of piperidine rings is 1. The summed E-state index contributed by atoms with van der Waals surface area (Å²) in [6.45, 7) is 10.3. The van der Waals surface area contributed by atoms with Crippen molar-refractivity contribution in [1.82, 2.24) is 9.62 Å². The topological polar surface area (TPSA) is 69.7 Å². The molecule has 1 saturated heterocycles. The largest absolute Gasteiger partial charge is 0.315 e. The first-order valence-electron chi connectivity index (χ1n) is 9.41. The van der Waals surface area contributed by atoms with Crippen LogP contribution in [0.15, 0.2) is 35.7 Å². The number of anilines is 1. The first-order chi connectivity index (χ1) is 12.6. The van der Waals surface area contributed by atoms with Crippen LogP contribution in [0.5, 0.6) is 0 Å². The van der Waals surface area contributed by atoms with Gasteiger partial charge in [0.2, 0.25) is 15.9 Å².